The van der Waals surface area contributed by atoms with Crippen LogP contribution in [0.4, 0.5) is 5.69 Å². The Morgan fingerprint density at radius 3 is 2.24 bits per heavy atom. The molecule has 0 aliphatic carbocycles. The van der Waals surface area contributed by atoms with Gasteiger partial charge in [-0.3, -0.25) is 0 Å². The van der Waals surface area contributed by atoms with Gasteiger partial charge in [0.25, 0.3) is 10.0 Å². The van der Waals surface area contributed by atoms with Gasteiger partial charge < -0.3 is 5.73 Å². The number of aryl methyl sites for hydroxylation is 2. The predicted molar refractivity (Wildman–Crippen MR) is 85.3 cm³/mol. The van der Waals surface area contributed by atoms with Crippen molar-refractivity contribution in [2.75, 3.05) is 5.73 Å². The first kappa shape index (κ1) is 16.3. The molecule has 0 amide bonds. The molecule has 1 aliphatic rings. The minimum atomic E-state index is -3.66. The number of hydrogen-bond acceptors (Lipinski definition) is 4. The molecule has 0 spiro atoms. The first-order valence-electron chi connectivity index (χ1n) is 7.40. The lowest BCUT2D eigenvalue weighted by Gasteiger charge is -2.38. The molecule has 3 N–H and O–H groups in total. The lowest BCUT2D eigenvalue weighted by Crippen LogP contribution is -2.54. The molecule has 1 aromatic rings. The normalized spacial score (nSPS) is 24.2. The maximum absolute atomic E-state index is 12.8. The molecule has 0 saturated carbocycles. The van der Waals surface area contributed by atoms with Gasteiger partial charge in [-0.1, -0.05) is 18.6 Å². The van der Waals surface area contributed by atoms with Crippen LogP contribution in [0.15, 0.2) is 17.0 Å². The molecular formula is C15H25N3O2S. The van der Waals surface area contributed by atoms with Crippen molar-refractivity contribution in [2.24, 2.45) is 0 Å². The number of piperidine rings is 1. The predicted octanol–water partition coefficient (Wildman–Crippen LogP) is 2.34. The van der Waals surface area contributed by atoms with Crippen molar-refractivity contribution in [1.82, 2.24) is 9.84 Å². The summed E-state index contributed by atoms with van der Waals surface area (Å²) in [5, 5.41) is 1.85. The van der Waals surface area contributed by atoms with Gasteiger partial charge >= 0.3 is 0 Å². The van der Waals surface area contributed by atoms with E-state index in [4.69, 9.17) is 5.73 Å². The van der Waals surface area contributed by atoms with Crippen molar-refractivity contribution < 1.29 is 8.42 Å². The van der Waals surface area contributed by atoms with E-state index in [1.54, 1.807) is 13.0 Å². The molecule has 2 rings (SSSR count). The van der Waals surface area contributed by atoms with Crippen LogP contribution >= 0.6 is 0 Å². The van der Waals surface area contributed by atoms with Crippen LogP contribution < -0.4 is 10.6 Å². The summed E-state index contributed by atoms with van der Waals surface area (Å²) in [6.07, 6.45) is 3.12. The monoisotopic (exact) mass is 311 g/mol. The third-order valence-electron chi connectivity index (χ3n) is 4.30. The van der Waals surface area contributed by atoms with Crippen molar-refractivity contribution in [1.29, 1.82) is 0 Å². The summed E-state index contributed by atoms with van der Waals surface area (Å²) in [4.78, 5) is 2.95. The van der Waals surface area contributed by atoms with Gasteiger partial charge in [-0.15, -0.1) is 4.83 Å². The van der Waals surface area contributed by atoms with Crippen molar-refractivity contribution >= 4 is 15.7 Å². The Labute approximate surface area is 127 Å². The third-order valence-corrected chi connectivity index (χ3v) is 5.83. The molecule has 21 heavy (non-hydrogen) atoms. The summed E-state index contributed by atoms with van der Waals surface area (Å²) >= 11 is 0. The topological polar surface area (TPSA) is 75.4 Å². The van der Waals surface area contributed by atoms with Gasteiger partial charge in [0.2, 0.25) is 0 Å². The van der Waals surface area contributed by atoms with E-state index in [0.717, 1.165) is 24.8 Å². The van der Waals surface area contributed by atoms with Gasteiger partial charge in [0.1, 0.15) is 4.90 Å². The van der Waals surface area contributed by atoms with Crippen LogP contribution in [0.1, 0.15) is 44.2 Å². The number of sulfonamides is 1. The summed E-state index contributed by atoms with van der Waals surface area (Å²) < 4.78 is 25.5. The zero-order valence-electron chi connectivity index (χ0n) is 13.2. The SMILES string of the molecule is Cc1ccc(C)c(S(=O)(=O)NN2C(C)CCCC2C)c1N. The van der Waals surface area contributed by atoms with E-state index in [0.29, 0.717) is 11.3 Å². The fourth-order valence-corrected chi connectivity index (χ4v) is 4.62. The molecule has 1 saturated heterocycles. The lowest BCUT2D eigenvalue weighted by atomic mass is 10.0. The first-order chi connectivity index (χ1) is 9.74. The molecule has 1 heterocycles. The number of nitrogen functional groups attached to an aromatic ring is 1. The highest BCUT2D eigenvalue weighted by molar-refractivity contribution is 7.89. The molecule has 1 fully saturated rings. The quantitative estimate of drug-likeness (QED) is 0.840. The summed E-state index contributed by atoms with van der Waals surface area (Å²) in [7, 11) is -3.66. The number of nitrogens with zero attached hydrogens (tertiary/aromatic N) is 1. The highest BCUT2D eigenvalue weighted by Gasteiger charge is 2.31. The summed E-state index contributed by atoms with van der Waals surface area (Å²) in [5.74, 6) is 0. The van der Waals surface area contributed by atoms with Crippen molar-refractivity contribution in [3.63, 3.8) is 0 Å². The van der Waals surface area contributed by atoms with Gasteiger partial charge in [-0.05, 0) is 51.7 Å². The summed E-state index contributed by atoms with van der Waals surface area (Å²) in [6, 6.07) is 4.02. The van der Waals surface area contributed by atoms with Gasteiger partial charge in [-0.25, -0.2) is 13.4 Å². The zero-order valence-corrected chi connectivity index (χ0v) is 14.0. The van der Waals surface area contributed by atoms with Crippen LogP contribution in [0.2, 0.25) is 0 Å². The number of nitrogens with two attached hydrogens (primary N) is 1. The Kier molecular flexibility index (Phi) is 4.60. The maximum Gasteiger partial charge on any atom is 0.255 e. The Balaban J connectivity index is 2.37. The van der Waals surface area contributed by atoms with E-state index < -0.39 is 10.0 Å². The van der Waals surface area contributed by atoms with E-state index in [1.807, 2.05) is 31.8 Å². The molecule has 2 unspecified atom stereocenters. The Hall–Kier alpha value is -1.11. The summed E-state index contributed by atoms with van der Waals surface area (Å²) in [5.41, 5.74) is 7.79. The molecule has 0 bridgehead atoms. The number of anilines is 1. The van der Waals surface area contributed by atoms with E-state index in [1.165, 1.54) is 0 Å². The van der Waals surface area contributed by atoms with Crippen molar-refractivity contribution in [3.8, 4) is 0 Å². The van der Waals surface area contributed by atoms with Gasteiger partial charge in [0, 0.05) is 12.1 Å². The maximum atomic E-state index is 12.8. The molecule has 118 valence electrons. The minimum Gasteiger partial charge on any atom is -0.397 e. The third kappa shape index (κ3) is 3.22. The Bertz CT molecular complexity index is 618. The van der Waals surface area contributed by atoms with Crippen LogP contribution in [-0.4, -0.2) is 25.5 Å². The Morgan fingerprint density at radius 1 is 1.14 bits per heavy atom. The standard InChI is InChI=1S/C15H25N3O2S/c1-10-8-9-11(2)15(14(10)16)21(19,20)17-18-12(3)6-5-7-13(18)4/h8-9,12-13,17H,5-7,16H2,1-4H3. The first-order valence-corrected chi connectivity index (χ1v) is 8.89. The fraction of sp³-hybridized carbons (Fsp3) is 0.600. The van der Waals surface area contributed by atoms with E-state index in [-0.39, 0.29) is 17.0 Å². The number of hydrazine groups is 1. The van der Waals surface area contributed by atoms with Crippen LogP contribution in [0.5, 0.6) is 0 Å². The van der Waals surface area contributed by atoms with Crippen LogP contribution in [-0.2, 0) is 10.0 Å². The van der Waals surface area contributed by atoms with E-state index in [2.05, 4.69) is 4.83 Å². The average Bonchev–Trinajstić information content (AvgIpc) is 2.39. The summed E-state index contributed by atoms with van der Waals surface area (Å²) in [6.45, 7) is 7.68. The average molecular weight is 311 g/mol. The van der Waals surface area contributed by atoms with Gasteiger partial charge in [0.15, 0.2) is 0 Å². The van der Waals surface area contributed by atoms with Crippen molar-refractivity contribution in [3.05, 3.63) is 23.3 Å². The van der Waals surface area contributed by atoms with Gasteiger partial charge in [0.05, 0.1) is 5.69 Å². The molecule has 0 radical (unpaired) electrons. The molecule has 1 aliphatic heterocycles. The van der Waals surface area contributed by atoms with Crippen LogP contribution in [0, 0.1) is 13.8 Å². The highest BCUT2D eigenvalue weighted by Crippen LogP contribution is 2.28. The van der Waals surface area contributed by atoms with Crippen molar-refractivity contribution in [2.45, 2.75) is 63.9 Å². The Morgan fingerprint density at radius 2 is 1.67 bits per heavy atom. The fourth-order valence-electron chi connectivity index (χ4n) is 2.95. The molecule has 6 heteroatoms. The van der Waals surface area contributed by atoms with Crippen LogP contribution in [0.3, 0.4) is 0 Å². The molecule has 0 aromatic heterocycles. The van der Waals surface area contributed by atoms with Crippen LogP contribution in [0.25, 0.3) is 0 Å². The second-order valence-electron chi connectivity index (χ2n) is 6.07. The molecule has 2 atom stereocenters. The number of nitrogens with one attached hydrogen (secondary N) is 1. The number of hydrogen-bond donors (Lipinski definition) is 2. The highest BCUT2D eigenvalue weighted by atomic mass is 32.2. The molecular weight excluding hydrogens is 286 g/mol. The lowest BCUT2D eigenvalue weighted by molar-refractivity contribution is 0.0790. The van der Waals surface area contributed by atoms with Gasteiger partial charge in [-0.2, -0.15) is 0 Å². The largest absolute Gasteiger partial charge is 0.397 e. The number of rotatable bonds is 3. The number of benzene rings is 1. The second kappa shape index (κ2) is 5.94. The second-order valence-corrected chi connectivity index (χ2v) is 7.67. The van der Waals surface area contributed by atoms with E-state index in [9.17, 15) is 8.42 Å². The molecule has 5 nitrogen and oxygen atoms in total. The minimum absolute atomic E-state index is 0.190. The van der Waals surface area contributed by atoms with E-state index >= 15 is 0 Å². The molecule has 1 aromatic carbocycles. The zero-order chi connectivity index (χ0) is 15.8. The smallest absolute Gasteiger partial charge is 0.255 e.